The minimum absolute atomic E-state index is 0.0889. The fourth-order valence-corrected chi connectivity index (χ4v) is 3.20. The van der Waals surface area contributed by atoms with Gasteiger partial charge < -0.3 is 15.4 Å². The van der Waals surface area contributed by atoms with Gasteiger partial charge in [0.05, 0.1) is 23.8 Å². The van der Waals surface area contributed by atoms with Gasteiger partial charge in [-0.2, -0.15) is 0 Å². The number of ether oxygens (including phenoxy) is 1. The van der Waals surface area contributed by atoms with Crippen molar-refractivity contribution < 1.29 is 19.8 Å². The van der Waals surface area contributed by atoms with Gasteiger partial charge in [0.25, 0.3) is 11.6 Å². The zero-order chi connectivity index (χ0) is 21.6. The minimum Gasteiger partial charge on any atom is -0.494 e. The molecule has 29 heavy (non-hydrogen) atoms. The van der Waals surface area contributed by atoms with Crippen molar-refractivity contribution >= 4 is 17.3 Å². The molecule has 0 bridgehead atoms. The number of amides is 1. The molecular formula is C22H30N3O4+. The van der Waals surface area contributed by atoms with Crippen molar-refractivity contribution in [3.63, 3.8) is 0 Å². The molecule has 1 amide bonds. The lowest BCUT2D eigenvalue weighted by atomic mass is 9.99. The van der Waals surface area contributed by atoms with Gasteiger partial charge >= 0.3 is 0 Å². The van der Waals surface area contributed by atoms with Crippen LogP contribution in [0.3, 0.4) is 0 Å². The molecule has 0 saturated carbocycles. The van der Waals surface area contributed by atoms with Crippen LogP contribution in [-0.4, -0.2) is 24.0 Å². The summed E-state index contributed by atoms with van der Waals surface area (Å²) in [7, 11) is 1.41. The van der Waals surface area contributed by atoms with Gasteiger partial charge in [0.2, 0.25) is 0 Å². The number of nitro benzene ring substituents is 1. The molecule has 0 saturated heterocycles. The van der Waals surface area contributed by atoms with Crippen LogP contribution in [0.5, 0.6) is 5.75 Å². The molecule has 2 atom stereocenters. The molecule has 0 unspecified atom stereocenters. The van der Waals surface area contributed by atoms with Crippen molar-refractivity contribution in [1.29, 1.82) is 0 Å². The van der Waals surface area contributed by atoms with Crippen molar-refractivity contribution in [3.8, 4) is 5.75 Å². The monoisotopic (exact) mass is 400 g/mol. The predicted octanol–water partition coefficient (Wildman–Crippen LogP) is 3.45. The topological polar surface area (TPSA) is 98.1 Å². The van der Waals surface area contributed by atoms with Crippen LogP contribution in [0.25, 0.3) is 0 Å². The lowest BCUT2D eigenvalue weighted by Crippen LogP contribution is -2.91. The maximum atomic E-state index is 12.6. The van der Waals surface area contributed by atoms with E-state index in [1.54, 1.807) is 0 Å². The summed E-state index contributed by atoms with van der Waals surface area (Å²) in [6, 6.07) is 12.4. The van der Waals surface area contributed by atoms with Crippen LogP contribution in [0, 0.1) is 16.0 Å². The minimum atomic E-state index is -0.501. The van der Waals surface area contributed by atoms with Crippen molar-refractivity contribution in [2.75, 3.05) is 12.4 Å². The van der Waals surface area contributed by atoms with E-state index < -0.39 is 4.92 Å². The van der Waals surface area contributed by atoms with E-state index in [0.717, 1.165) is 12.0 Å². The highest BCUT2D eigenvalue weighted by Gasteiger charge is 2.22. The molecule has 156 valence electrons. The quantitative estimate of drug-likeness (QED) is 0.497. The van der Waals surface area contributed by atoms with E-state index in [2.05, 4.69) is 50.4 Å². The highest BCUT2D eigenvalue weighted by molar-refractivity contribution is 5.95. The summed E-state index contributed by atoms with van der Waals surface area (Å²) in [5.74, 6) is 0.680. The molecule has 0 spiro atoms. The number of quaternary nitrogens is 1. The number of hydrogen-bond acceptors (Lipinski definition) is 4. The number of carbonyl (C=O) groups is 1. The van der Waals surface area contributed by atoms with E-state index in [1.165, 1.54) is 30.9 Å². The Morgan fingerprint density at radius 1 is 1.14 bits per heavy atom. The number of carbonyl (C=O) groups excluding carboxylic acids is 1. The van der Waals surface area contributed by atoms with Gasteiger partial charge in [0.1, 0.15) is 11.8 Å². The third kappa shape index (κ3) is 6.29. The molecule has 0 heterocycles. The van der Waals surface area contributed by atoms with Crippen molar-refractivity contribution in [1.82, 2.24) is 0 Å². The first-order chi connectivity index (χ1) is 13.7. The van der Waals surface area contributed by atoms with E-state index >= 15 is 0 Å². The van der Waals surface area contributed by atoms with Gasteiger partial charge in [-0.15, -0.1) is 0 Å². The van der Waals surface area contributed by atoms with Crippen LogP contribution in [0.4, 0.5) is 11.4 Å². The predicted molar refractivity (Wildman–Crippen MR) is 113 cm³/mol. The van der Waals surface area contributed by atoms with Gasteiger partial charge in [0, 0.05) is 11.6 Å². The first kappa shape index (κ1) is 22.4. The van der Waals surface area contributed by atoms with Gasteiger partial charge in [-0.05, 0) is 37.8 Å². The third-order valence-electron chi connectivity index (χ3n) is 4.79. The number of hydrogen-bond donors (Lipinski definition) is 2. The number of rotatable bonds is 9. The number of nitrogens with zero attached hydrogens (tertiary/aromatic N) is 1. The second-order valence-electron chi connectivity index (χ2n) is 7.74. The maximum absolute atomic E-state index is 12.6. The molecule has 2 rings (SSSR count). The summed E-state index contributed by atoms with van der Waals surface area (Å²) >= 11 is 0. The SMILES string of the molecule is COc1cc([N+](=O)[O-])ccc1NC(=O)[C@@H](C)[NH2+][C@H](C)c1ccc(CC(C)C)cc1. The smallest absolute Gasteiger partial charge is 0.282 e. The van der Waals surface area contributed by atoms with Crippen molar-refractivity contribution in [2.45, 2.75) is 46.2 Å². The van der Waals surface area contributed by atoms with Crippen LogP contribution >= 0.6 is 0 Å². The Morgan fingerprint density at radius 2 is 1.79 bits per heavy atom. The maximum Gasteiger partial charge on any atom is 0.282 e. The average Bonchev–Trinajstić information content (AvgIpc) is 2.67. The Bertz CT molecular complexity index is 850. The van der Waals surface area contributed by atoms with E-state index in [-0.39, 0.29) is 29.4 Å². The Balaban J connectivity index is 2.00. The number of methoxy groups -OCH3 is 1. The summed E-state index contributed by atoms with van der Waals surface area (Å²) in [5.41, 5.74) is 2.79. The Labute approximate surface area is 171 Å². The van der Waals surface area contributed by atoms with Crippen LogP contribution in [0.1, 0.15) is 44.9 Å². The van der Waals surface area contributed by atoms with Crippen LogP contribution in [0.15, 0.2) is 42.5 Å². The van der Waals surface area contributed by atoms with E-state index in [0.29, 0.717) is 11.6 Å². The highest BCUT2D eigenvalue weighted by atomic mass is 16.6. The van der Waals surface area contributed by atoms with Crippen LogP contribution in [0.2, 0.25) is 0 Å². The molecule has 2 aromatic rings. The first-order valence-corrected chi connectivity index (χ1v) is 9.78. The van der Waals surface area contributed by atoms with Gasteiger partial charge in [0.15, 0.2) is 6.04 Å². The van der Waals surface area contributed by atoms with Gasteiger partial charge in [-0.25, -0.2) is 0 Å². The molecule has 7 nitrogen and oxygen atoms in total. The zero-order valence-electron chi connectivity index (χ0n) is 17.6. The first-order valence-electron chi connectivity index (χ1n) is 9.78. The number of anilines is 1. The fraction of sp³-hybridized carbons (Fsp3) is 0.409. The molecule has 0 aliphatic heterocycles. The third-order valence-corrected chi connectivity index (χ3v) is 4.79. The molecule has 2 aromatic carbocycles. The second kappa shape index (κ2) is 10.0. The zero-order valence-corrected chi connectivity index (χ0v) is 17.6. The number of non-ortho nitro benzene ring substituents is 1. The standard InChI is InChI=1S/C22H29N3O4/c1-14(2)12-17-6-8-18(9-7-17)15(3)23-16(4)22(26)24-20-11-10-19(25(27)28)13-21(20)29-5/h6-11,13-16,23H,12H2,1-5H3,(H,24,26)/p+1/t15-,16-/m1/s1. The number of nitrogens with two attached hydrogens (primary N) is 1. The van der Waals surface area contributed by atoms with E-state index in [1.807, 2.05) is 12.2 Å². The summed E-state index contributed by atoms with van der Waals surface area (Å²) in [6.07, 6.45) is 1.05. The summed E-state index contributed by atoms with van der Waals surface area (Å²) in [4.78, 5) is 23.0. The summed E-state index contributed by atoms with van der Waals surface area (Å²) in [6.45, 7) is 8.29. The molecule has 0 aromatic heterocycles. The second-order valence-corrected chi connectivity index (χ2v) is 7.74. The van der Waals surface area contributed by atoms with Gasteiger partial charge in [-0.3, -0.25) is 14.9 Å². The molecule has 0 radical (unpaired) electrons. The Morgan fingerprint density at radius 3 is 2.34 bits per heavy atom. The molecule has 7 heteroatoms. The molecule has 0 fully saturated rings. The van der Waals surface area contributed by atoms with Crippen molar-refractivity contribution in [2.24, 2.45) is 5.92 Å². The number of nitrogens with one attached hydrogen (secondary N) is 1. The van der Waals surface area contributed by atoms with Gasteiger partial charge in [-0.1, -0.05) is 38.1 Å². The summed E-state index contributed by atoms with van der Waals surface area (Å²) < 4.78 is 5.18. The molecular weight excluding hydrogens is 370 g/mol. The molecule has 0 aliphatic carbocycles. The lowest BCUT2D eigenvalue weighted by Gasteiger charge is -2.18. The number of benzene rings is 2. The fourth-order valence-electron chi connectivity index (χ4n) is 3.20. The van der Waals surface area contributed by atoms with E-state index in [9.17, 15) is 14.9 Å². The van der Waals surface area contributed by atoms with Crippen molar-refractivity contribution in [3.05, 3.63) is 63.7 Å². The van der Waals surface area contributed by atoms with E-state index in [4.69, 9.17) is 4.74 Å². The molecule has 3 N–H and O–H groups in total. The Hall–Kier alpha value is -2.93. The number of nitro groups is 1. The normalized spacial score (nSPS) is 13.0. The van der Waals surface area contributed by atoms with Crippen LogP contribution < -0.4 is 15.4 Å². The average molecular weight is 400 g/mol. The summed E-state index contributed by atoms with van der Waals surface area (Å²) in [5, 5.41) is 15.7. The Kier molecular flexibility index (Phi) is 7.73. The highest BCUT2D eigenvalue weighted by Crippen LogP contribution is 2.29. The van der Waals surface area contributed by atoms with Crippen LogP contribution in [-0.2, 0) is 11.2 Å². The largest absolute Gasteiger partial charge is 0.494 e. The lowest BCUT2D eigenvalue weighted by molar-refractivity contribution is -0.709. The molecule has 0 aliphatic rings.